The summed E-state index contributed by atoms with van der Waals surface area (Å²) in [5.41, 5.74) is 2.70. The third-order valence-corrected chi connectivity index (χ3v) is 6.34. The van der Waals surface area contributed by atoms with E-state index in [1.165, 1.54) is 0 Å². The van der Waals surface area contributed by atoms with E-state index in [4.69, 9.17) is 0 Å². The van der Waals surface area contributed by atoms with Gasteiger partial charge in [-0.05, 0) is 36.8 Å². The molecule has 3 aromatic rings. The lowest BCUT2D eigenvalue weighted by atomic mass is 10.1. The van der Waals surface area contributed by atoms with Crippen LogP contribution in [0.25, 0.3) is 0 Å². The summed E-state index contributed by atoms with van der Waals surface area (Å²) in [6.07, 6.45) is 0. The van der Waals surface area contributed by atoms with Gasteiger partial charge >= 0.3 is 0 Å². The Morgan fingerprint density at radius 3 is 2.25 bits per heavy atom. The van der Waals surface area contributed by atoms with Crippen molar-refractivity contribution in [2.75, 3.05) is 0 Å². The molecule has 1 atom stereocenters. The molecule has 0 aromatic heterocycles. The van der Waals surface area contributed by atoms with E-state index in [2.05, 4.69) is 9.36 Å². The Hall–Kier alpha value is -2.56. The molecule has 0 saturated carbocycles. The van der Waals surface area contributed by atoms with E-state index < -0.39 is 10.1 Å². The summed E-state index contributed by atoms with van der Waals surface area (Å²) < 4.78 is 18.5. The Morgan fingerprint density at radius 1 is 0.792 bits per heavy atom. The van der Waals surface area contributed by atoms with E-state index >= 15 is 0 Å². The maximum Gasteiger partial charge on any atom is 0.207 e. The van der Waals surface area contributed by atoms with E-state index in [9.17, 15) is 4.55 Å². The second-order valence-corrected chi connectivity index (χ2v) is 7.79. The molecular formula is C20H16N2OS. The normalized spacial score (nSPS) is 19.2. The first-order valence-electron chi connectivity index (χ1n) is 7.74. The van der Waals surface area contributed by atoms with Crippen LogP contribution in [0.15, 0.2) is 98.0 Å². The minimum absolute atomic E-state index is 0.528. The molecule has 3 nitrogen and oxygen atoms in total. The van der Waals surface area contributed by atoms with Gasteiger partial charge in [-0.1, -0.05) is 59.0 Å². The number of aryl methyl sites for hydroxylation is 1. The van der Waals surface area contributed by atoms with Crippen LogP contribution in [0.5, 0.6) is 0 Å². The van der Waals surface area contributed by atoms with Gasteiger partial charge in [0.15, 0.2) is 4.90 Å². The predicted molar refractivity (Wildman–Crippen MR) is 97.4 cm³/mol. The number of aliphatic imine (C=N–C) groups is 1. The van der Waals surface area contributed by atoms with Crippen LogP contribution < -0.4 is 0 Å². The number of amidine groups is 1. The van der Waals surface area contributed by atoms with Crippen LogP contribution in [0.2, 0.25) is 0 Å². The zero-order chi connectivity index (χ0) is 16.6. The van der Waals surface area contributed by atoms with Gasteiger partial charge in [0.05, 0.1) is 0 Å². The van der Waals surface area contributed by atoms with Crippen molar-refractivity contribution < 1.29 is 4.55 Å². The Kier molecular flexibility index (Phi) is 3.63. The van der Waals surface area contributed by atoms with E-state index in [0.717, 1.165) is 16.8 Å². The molecule has 1 heterocycles. The molecule has 24 heavy (non-hydrogen) atoms. The fraction of sp³-hybridized carbons (Fsp3) is 0.0500. The molecule has 0 aliphatic carbocycles. The SMILES string of the molecule is Cc1ccccc1C1=Nc2ccccc2[S+]([O-])(c2ccccc2)=N1. The predicted octanol–water partition coefficient (Wildman–Crippen LogP) is 4.97. The molecule has 0 N–H and O–H groups in total. The molecule has 1 unspecified atom stereocenters. The average molecular weight is 332 g/mol. The number of rotatable bonds is 2. The van der Waals surface area contributed by atoms with E-state index in [-0.39, 0.29) is 0 Å². The van der Waals surface area contributed by atoms with Gasteiger partial charge in [0.1, 0.15) is 10.6 Å². The van der Waals surface area contributed by atoms with Gasteiger partial charge in [-0.2, -0.15) is 0 Å². The van der Waals surface area contributed by atoms with Crippen LogP contribution in [0.4, 0.5) is 5.69 Å². The highest BCUT2D eigenvalue weighted by molar-refractivity contribution is 8.00. The van der Waals surface area contributed by atoms with Gasteiger partial charge in [-0.25, -0.2) is 4.99 Å². The largest absolute Gasteiger partial charge is 0.621 e. The number of hydrogen-bond donors (Lipinski definition) is 0. The number of nitrogens with zero attached hydrogens (tertiary/aromatic N) is 2. The highest BCUT2D eigenvalue weighted by Crippen LogP contribution is 2.39. The number of hydrogen-bond acceptors (Lipinski definition) is 3. The fourth-order valence-corrected chi connectivity index (χ4v) is 4.83. The van der Waals surface area contributed by atoms with Crippen molar-refractivity contribution in [1.82, 2.24) is 0 Å². The minimum atomic E-state index is -2.75. The first-order valence-corrected chi connectivity index (χ1v) is 9.26. The van der Waals surface area contributed by atoms with Gasteiger partial charge in [0.2, 0.25) is 5.84 Å². The van der Waals surface area contributed by atoms with Gasteiger partial charge in [0, 0.05) is 15.7 Å². The van der Waals surface area contributed by atoms with Gasteiger partial charge < -0.3 is 4.55 Å². The molecule has 0 radical (unpaired) electrons. The van der Waals surface area contributed by atoms with Crippen molar-refractivity contribution in [3.05, 3.63) is 90.0 Å². The summed E-state index contributed by atoms with van der Waals surface area (Å²) in [6, 6.07) is 24.9. The summed E-state index contributed by atoms with van der Waals surface area (Å²) in [4.78, 5) is 6.05. The Labute approximate surface area is 142 Å². The van der Waals surface area contributed by atoms with Crippen LogP contribution in [0.3, 0.4) is 0 Å². The number of fused-ring (bicyclic) bond motifs is 1. The highest BCUT2D eigenvalue weighted by Gasteiger charge is 2.30. The number of benzene rings is 3. The third kappa shape index (κ3) is 2.40. The Balaban J connectivity index is 2.02. The lowest BCUT2D eigenvalue weighted by Crippen LogP contribution is -2.19. The topological polar surface area (TPSA) is 47.8 Å². The molecule has 4 rings (SSSR count). The zero-order valence-corrected chi connectivity index (χ0v) is 14.0. The molecule has 0 fully saturated rings. The van der Waals surface area contributed by atoms with Crippen LogP contribution in [-0.2, 0) is 10.1 Å². The Bertz CT molecular complexity index is 993. The standard InChI is InChI=1S/C20H16N2OS/c1-15-9-5-6-12-17(15)20-21-18-13-7-8-14-19(18)24(23,22-20)16-10-3-2-4-11-16/h2-14H,1H3. The summed E-state index contributed by atoms with van der Waals surface area (Å²) in [7, 11) is -2.75. The quantitative estimate of drug-likeness (QED) is 0.611. The molecule has 0 bridgehead atoms. The molecule has 118 valence electrons. The average Bonchev–Trinajstić information content (AvgIpc) is 2.63. The molecule has 1 aliphatic rings. The van der Waals surface area contributed by atoms with E-state index in [1.54, 1.807) is 0 Å². The van der Waals surface area contributed by atoms with Crippen molar-refractivity contribution in [3.8, 4) is 0 Å². The van der Waals surface area contributed by atoms with E-state index in [1.807, 2.05) is 85.8 Å². The van der Waals surface area contributed by atoms with Crippen molar-refractivity contribution in [2.24, 2.45) is 9.36 Å². The third-order valence-electron chi connectivity index (χ3n) is 4.05. The van der Waals surface area contributed by atoms with Gasteiger partial charge in [0.25, 0.3) is 0 Å². The van der Waals surface area contributed by atoms with E-state index in [0.29, 0.717) is 15.6 Å². The molecule has 3 aromatic carbocycles. The molecule has 0 saturated heterocycles. The lowest BCUT2D eigenvalue weighted by Gasteiger charge is -2.26. The minimum Gasteiger partial charge on any atom is -0.621 e. The summed E-state index contributed by atoms with van der Waals surface area (Å²) in [6.45, 7) is 2.01. The molecule has 4 heteroatoms. The molecule has 0 spiro atoms. The van der Waals surface area contributed by atoms with Crippen molar-refractivity contribution in [2.45, 2.75) is 16.7 Å². The fourth-order valence-electron chi connectivity index (χ4n) is 2.81. The monoisotopic (exact) mass is 332 g/mol. The van der Waals surface area contributed by atoms with Gasteiger partial charge in [-0.3, -0.25) is 0 Å². The second kappa shape index (κ2) is 5.82. The molecule has 1 aliphatic heterocycles. The van der Waals surface area contributed by atoms with Gasteiger partial charge in [-0.15, -0.1) is 0 Å². The van der Waals surface area contributed by atoms with Crippen LogP contribution in [0, 0.1) is 6.92 Å². The maximum absolute atomic E-state index is 13.9. The zero-order valence-electron chi connectivity index (χ0n) is 13.2. The summed E-state index contributed by atoms with van der Waals surface area (Å²) in [5.74, 6) is 0.528. The Morgan fingerprint density at radius 2 is 1.46 bits per heavy atom. The van der Waals surface area contributed by atoms with Crippen molar-refractivity contribution in [1.29, 1.82) is 0 Å². The summed E-state index contributed by atoms with van der Waals surface area (Å²) >= 11 is 0. The molecule has 0 amide bonds. The highest BCUT2D eigenvalue weighted by atomic mass is 32.3. The molecular weight excluding hydrogens is 316 g/mol. The summed E-state index contributed by atoms with van der Waals surface area (Å²) in [5, 5.41) is 0. The van der Waals surface area contributed by atoms with Crippen molar-refractivity contribution >= 4 is 21.6 Å². The maximum atomic E-state index is 13.9. The van der Waals surface area contributed by atoms with Crippen LogP contribution in [-0.4, -0.2) is 10.4 Å². The van der Waals surface area contributed by atoms with Crippen LogP contribution in [0.1, 0.15) is 11.1 Å². The van der Waals surface area contributed by atoms with Crippen molar-refractivity contribution in [3.63, 3.8) is 0 Å². The van der Waals surface area contributed by atoms with Crippen LogP contribution >= 0.6 is 0 Å². The second-order valence-electron chi connectivity index (χ2n) is 5.65. The lowest BCUT2D eigenvalue weighted by molar-refractivity contribution is 0.584. The first kappa shape index (κ1) is 15.0. The first-order chi connectivity index (χ1) is 11.7. The number of para-hydroxylation sites is 1. The smallest absolute Gasteiger partial charge is 0.207 e.